The van der Waals surface area contributed by atoms with Crippen LogP contribution in [0.1, 0.15) is 0 Å². The van der Waals surface area contributed by atoms with Crippen molar-refractivity contribution >= 4 is 27.3 Å². The van der Waals surface area contributed by atoms with E-state index in [9.17, 15) is 20.2 Å². The second kappa shape index (κ2) is 6.70. The van der Waals surface area contributed by atoms with Crippen molar-refractivity contribution in [2.45, 2.75) is 0 Å². The number of alkyl halides is 1. The third kappa shape index (κ3) is 3.81. The Morgan fingerprint density at radius 3 is 2.50 bits per heavy atom. The molecule has 0 radical (unpaired) electrons. The Labute approximate surface area is 110 Å². The lowest BCUT2D eigenvalue weighted by molar-refractivity contribution is -0.389. The van der Waals surface area contributed by atoms with Gasteiger partial charge in [0.25, 0.3) is 5.69 Å². The van der Waals surface area contributed by atoms with Crippen LogP contribution >= 0.6 is 15.9 Å². The van der Waals surface area contributed by atoms with Gasteiger partial charge in [0.1, 0.15) is 6.61 Å². The Balaban J connectivity index is 2.96. The molecule has 1 aromatic carbocycles. The van der Waals surface area contributed by atoms with Crippen LogP contribution in [0.3, 0.4) is 0 Å². The number of rotatable bonds is 6. The van der Waals surface area contributed by atoms with Crippen molar-refractivity contribution in [2.75, 3.05) is 11.9 Å². The SMILES string of the molecule is O=[N+]([O-])c1ccc([N+](=O)[O-])c(OCC=CCBr)c1. The van der Waals surface area contributed by atoms with Crippen LogP contribution in [0.2, 0.25) is 0 Å². The van der Waals surface area contributed by atoms with Crippen molar-refractivity contribution < 1.29 is 14.6 Å². The fourth-order valence-electron chi connectivity index (χ4n) is 1.15. The highest BCUT2D eigenvalue weighted by Crippen LogP contribution is 2.30. The van der Waals surface area contributed by atoms with E-state index in [1.54, 1.807) is 12.2 Å². The van der Waals surface area contributed by atoms with Gasteiger partial charge in [0.2, 0.25) is 5.75 Å². The van der Waals surface area contributed by atoms with E-state index in [0.29, 0.717) is 5.33 Å². The minimum absolute atomic E-state index is 0.105. The van der Waals surface area contributed by atoms with Crippen molar-refractivity contribution in [1.29, 1.82) is 0 Å². The maximum Gasteiger partial charge on any atom is 0.311 e. The number of benzene rings is 1. The number of non-ortho nitro benzene ring substituents is 1. The maximum atomic E-state index is 10.7. The first kappa shape index (κ1) is 14.1. The molecule has 7 nitrogen and oxygen atoms in total. The molecule has 0 spiro atoms. The Bertz CT molecular complexity index is 489. The van der Waals surface area contributed by atoms with E-state index in [2.05, 4.69) is 15.9 Å². The van der Waals surface area contributed by atoms with E-state index in [1.165, 1.54) is 0 Å². The highest BCUT2D eigenvalue weighted by molar-refractivity contribution is 9.09. The van der Waals surface area contributed by atoms with Gasteiger partial charge in [-0.05, 0) is 0 Å². The predicted octanol–water partition coefficient (Wildman–Crippen LogP) is 2.83. The number of nitro groups is 2. The molecule has 8 heteroatoms. The molecule has 96 valence electrons. The number of allylic oxidation sites excluding steroid dienone is 1. The molecule has 18 heavy (non-hydrogen) atoms. The minimum atomic E-state index is -0.646. The zero-order chi connectivity index (χ0) is 13.5. The number of halogens is 1. The zero-order valence-electron chi connectivity index (χ0n) is 9.11. The van der Waals surface area contributed by atoms with Crippen molar-refractivity contribution in [3.63, 3.8) is 0 Å². The number of ether oxygens (including phenoxy) is 1. The first-order valence-corrected chi connectivity index (χ1v) is 5.95. The first-order valence-electron chi connectivity index (χ1n) is 4.83. The van der Waals surface area contributed by atoms with Crippen molar-refractivity contribution in [3.8, 4) is 5.75 Å². The molecule has 0 aliphatic heterocycles. The molecule has 0 aromatic heterocycles. The van der Waals surface area contributed by atoms with E-state index in [4.69, 9.17) is 4.74 Å². The van der Waals surface area contributed by atoms with E-state index < -0.39 is 9.85 Å². The number of hydrogen-bond acceptors (Lipinski definition) is 5. The van der Waals surface area contributed by atoms with Gasteiger partial charge in [-0.2, -0.15) is 0 Å². The van der Waals surface area contributed by atoms with Gasteiger partial charge in [-0.25, -0.2) is 0 Å². The van der Waals surface area contributed by atoms with Crippen LogP contribution in [0.15, 0.2) is 30.4 Å². The molecule has 0 aliphatic rings. The topological polar surface area (TPSA) is 95.5 Å². The van der Waals surface area contributed by atoms with Crippen molar-refractivity contribution in [3.05, 3.63) is 50.6 Å². The fourth-order valence-corrected chi connectivity index (χ4v) is 1.42. The Hall–Kier alpha value is -1.96. The van der Waals surface area contributed by atoms with Crippen molar-refractivity contribution in [1.82, 2.24) is 0 Å². The smallest absolute Gasteiger partial charge is 0.311 e. The van der Waals surface area contributed by atoms with E-state index in [-0.39, 0.29) is 23.7 Å². The summed E-state index contributed by atoms with van der Waals surface area (Å²) in [5.74, 6) is -0.117. The number of nitro benzene ring substituents is 2. The average Bonchev–Trinajstić information content (AvgIpc) is 2.34. The van der Waals surface area contributed by atoms with Crippen LogP contribution in [0.4, 0.5) is 11.4 Å². The van der Waals surface area contributed by atoms with Crippen LogP contribution in [0.5, 0.6) is 5.75 Å². The van der Waals surface area contributed by atoms with Gasteiger partial charge in [-0.15, -0.1) is 0 Å². The molecule has 0 aliphatic carbocycles. The molecule has 0 unspecified atom stereocenters. The minimum Gasteiger partial charge on any atom is -0.482 e. The van der Waals surface area contributed by atoms with Gasteiger partial charge < -0.3 is 4.74 Å². The Morgan fingerprint density at radius 1 is 1.22 bits per heavy atom. The van der Waals surface area contributed by atoms with Gasteiger partial charge in [-0.1, -0.05) is 28.1 Å². The lowest BCUT2D eigenvalue weighted by Gasteiger charge is -2.03. The summed E-state index contributed by atoms with van der Waals surface area (Å²) in [5, 5.41) is 21.9. The second-order valence-electron chi connectivity index (χ2n) is 3.10. The molecule has 1 rings (SSSR count). The fraction of sp³-hybridized carbons (Fsp3) is 0.200. The summed E-state index contributed by atoms with van der Waals surface area (Å²) in [6.45, 7) is 0.105. The van der Waals surface area contributed by atoms with Gasteiger partial charge in [0.05, 0.1) is 15.9 Å². The molecular formula is C10H9BrN2O5. The Kier molecular flexibility index (Phi) is 5.25. The van der Waals surface area contributed by atoms with Crippen LogP contribution in [-0.4, -0.2) is 21.8 Å². The number of hydrogen-bond donors (Lipinski definition) is 0. The molecular weight excluding hydrogens is 308 g/mol. The van der Waals surface area contributed by atoms with Crippen LogP contribution < -0.4 is 4.74 Å². The van der Waals surface area contributed by atoms with Crippen LogP contribution in [0.25, 0.3) is 0 Å². The van der Waals surface area contributed by atoms with Gasteiger partial charge in [0, 0.05) is 17.5 Å². The second-order valence-corrected chi connectivity index (χ2v) is 3.75. The Morgan fingerprint density at radius 2 is 1.94 bits per heavy atom. The molecule has 0 N–H and O–H groups in total. The quantitative estimate of drug-likeness (QED) is 0.348. The zero-order valence-corrected chi connectivity index (χ0v) is 10.7. The van der Waals surface area contributed by atoms with Crippen LogP contribution in [-0.2, 0) is 0 Å². The standard InChI is InChI=1S/C10H9BrN2O5/c11-5-1-2-6-18-10-7-8(12(14)15)3-4-9(10)13(16)17/h1-4,7H,5-6H2. The molecule has 0 heterocycles. The molecule has 1 aromatic rings. The van der Waals surface area contributed by atoms with E-state index in [1.807, 2.05) is 0 Å². The number of nitrogens with zero attached hydrogens (tertiary/aromatic N) is 2. The van der Waals surface area contributed by atoms with E-state index in [0.717, 1.165) is 18.2 Å². The normalized spacial score (nSPS) is 10.5. The van der Waals surface area contributed by atoms with Gasteiger partial charge in [0.15, 0.2) is 0 Å². The summed E-state index contributed by atoms with van der Waals surface area (Å²) in [4.78, 5) is 20.0. The summed E-state index contributed by atoms with van der Waals surface area (Å²) in [6, 6.07) is 3.17. The molecule has 0 saturated carbocycles. The average molecular weight is 317 g/mol. The third-order valence-electron chi connectivity index (χ3n) is 1.94. The lowest BCUT2D eigenvalue weighted by Crippen LogP contribution is -1.99. The van der Waals surface area contributed by atoms with Gasteiger partial charge >= 0.3 is 5.69 Å². The largest absolute Gasteiger partial charge is 0.482 e. The predicted molar refractivity (Wildman–Crippen MR) is 68.2 cm³/mol. The lowest BCUT2D eigenvalue weighted by atomic mass is 10.2. The van der Waals surface area contributed by atoms with E-state index >= 15 is 0 Å². The summed E-state index contributed by atoms with van der Waals surface area (Å²) < 4.78 is 5.14. The summed E-state index contributed by atoms with van der Waals surface area (Å²) >= 11 is 3.16. The van der Waals surface area contributed by atoms with Gasteiger partial charge in [-0.3, -0.25) is 20.2 Å². The summed E-state index contributed by atoms with van der Waals surface area (Å²) in [6.07, 6.45) is 3.40. The summed E-state index contributed by atoms with van der Waals surface area (Å²) in [7, 11) is 0. The summed E-state index contributed by atoms with van der Waals surface area (Å²) in [5.41, 5.74) is -0.548. The molecule has 0 atom stereocenters. The third-order valence-corrected chi connectivity index (χ3v) is 2.32. The highest BCUT2D eigenvalue weighted by Gasteiger charge is 2.19. The monoisotopic (exact) mass is 316 g/mol. The molecule has 0 bridgehead atoms. The maximum absolute atomic E-state index is 10.7. The molecule has 0 saturated heterocycles. The van der Waals surface area contributed by atoms with Crippen molar-refractivity contribution in [2.24, 2.45) is 0 Å². The molecule has 0 fully saturated rings. The first-order chi connectivity index (χ1) is 8.56. The molecule has 0 amide bonds. The highest BCUT2D eigenvalue weighted by atomic mass is 79.9. The van der Waals surface area contributed by atoms with Crippen LogP contribution in [0, 0.1) is 20.2 Å².